The monoisotopic (exact) mass is 476 g/mol. The molecule has 1 fully saturated rings. The lowest BCUT2D eigenvalue weighted by Crippen LogP contribution is -2.45. The third kappa shape index (κ3) is 4.96. The largest absolute Gasteiger partial charge is 0.349 e. The van der Waals surface area contributed by atoms with Gasteiger partial charge in [0.25, 0.3) is 11.8 Å². The molecule has 1 aliphatic rings. The summed E-state index contributed by atoms with van der Waals surface area (Å²) in [5.74, 6) is -1.49. The maximum Gasteiger partial charge on any atom is 0.272 e. The molecule has 2 aromatic heterocycles. The quantitative estimate of drug-likeness (QED) is 0.408. The van der Waals surface area contributed by atoms with Crippen molar-refractivity contribution in [1.82, 2.24) is 30.2 Å². The van der Waals surface area contributed by atoms with Crippen molar-refractivity contribution in [3.63, 3.8) is 0 Å². The molecule has 0 bridgehead atoms. The first kappa shape index (κ1) is 22.5. The summed E-state index contributed by atoms with van der Waals surface area (Å²) in [6, 6.07) is 15.0. The number of nitrogens with one attached hydrogen (secondary N) is 2. The Kier molecular flexibility index (Phi) is 6.09. The molecule has 1 unspecified atom stereocenters. The average Bonchev–Trinajstić information content (AvgIpc) is 3.38. The average molecular weight is 476 g/mol. The molecular formula is C25H22F2N6O2. The number of aromatic nitrogens is 4. The molecule has 0 spiro atoms. The molecule has 10 heteroatoms. The number of carbonyl (C=O) groups excluding carboxylic acids is 2. The number of hydrogen-bond acceptors (Lipinski definition) is 4. The Balaban J connectivity index is 1.21. The maximum absolute atomic E-state index is 14.0. The van der Waals surface area contributed by atoms with Crippen LogP contribution in [0.25, 0.3) is 11.4 Å². The second-order valence-electron chi connectivity index (χ2n) is 8.32. The maximum atomic E-state index is 14.0. The summed E-state index contributed by atoms with van der Waals surface area (Å²) in [5.41, 5.74) is 0.767. The SMILES string of the molecule is O=C(NCC(NC(=O)c1ccn(-c2ccccc2F)n1)C1CC1)c1ccn(-c2ccccc2F)n1. The minimum absolute atomic E-state index is 0.137. The van der Waals surface area contributed by atoms with Gasteiger partial charge in [-0.25, -0.2) is 18.1 Å². The second-order valence-corrected chi connectivity index (χ2v) is 8.32. The zero-order chi connectivity index (χ0) is 24.4. The summed E-state index contributed by atoms with van der Waals surface area (Å²) >= 11 is 0. The van der Waals surface area contributed by atoms with Crippen LogP contribution < -0.4 is 10.6 Å². The lowest BCUT2D eigenvalue weighted by molar-refractivity contribution is 0.0898. The van der Waals surface area contributed by atoms with E-state index in [1.165, 1.54) is 46.0 Å². The van der Waals surface area contributed by atoms with Crippen LogP contribution in [0.1, 0.15) is 33.8 Å². The van der Waals surface area contributed by atoms with Gasteiger partial charge >= 0.3 is 0 Å². The van der Waals surface area contributed by atoms with E-state index < -0.39 is 23.4 Å². The Morgan fingerprint density at radius 1 is 0.829 bits per heavy atom. The molecule has 0 radical (unpaired) electrons. The topological polar surface area (TPSA) is 93.8 Å². The van der Waals surface area contributed by atoms with Crippen LogP contribution in [0.5, 0.6) is 0 Å². The van der Waals surface area contributed by atoms with Crippen molar-refractivity contribution < 1.29 is 18.4 Å². The fourth-order valence-electron chi connectivity index (χ4n) is 3.80. The van der Waals surface area contributed by atoms with Gasteiger partial charge in [0.2, 0.25) is 0 Å². The summed E-state index contributed by atoms with van der Waals surface area (Å²) in [4.78, 5) is 25.4. The van der Waals surface area contributed by atoms with Crippen LogP contribution in [-0.4, -0.2) is 44.0 Å². The predicted molar refractivity (Wildman–Crippen MR) is 123 cm³/mol. The van der Waals surface area contributed by atoms with Crippen molar-refractivity contribution in [3.8, 4) is 11.4 Å². The first-order valence-corrected chi connectivity index (χ1v) is 11.2. The van der Waals surface area contributed by atoms with E-state index in [1.807, 2.05) is 0 Å². The van der Waals surface area contributed by atoms with Gasteiger partial charge in [-0.15, -0.1) is 0 Å². The number of halogens is 2. The predicted octanol–water partition coefficient (Wildman–Crippen LogP) is 3.27. The van der Waals surface area contributed by atoms with E-state index in [1.54, 1.807) is 36.4 Å². The first-order valence-electron chi connectivity index (χ1n) is 11.2. The highest BCUT2D eigenvalue weighted by atomic mass is 19.1. The molecular weight excluding hydrogens is 454 g/mol. The van der Waals surface area contributed by atoms with E-state index in [9.17, 15) is 18.4 Å². The summed E-state index contributed by atoms with van der Waals surface area (Å²) in [7, 11) is 0. The lowest BCUT2D eigenvalue weighted by Gasteiger charge is -2.18. The van der Waals surface area contributed by atoms with E-state index >= 15 is 0 Å². The molecule has 178 valence electrons. The van der Waals surface area contributed by atoms with E-state index in [0.717, 1.165) is 12.8 Å². The number of rotatable bonds is 8. The Morgan fingerprint density at radius 3 is 1.86 bits per heavy atom. The van der Waals surface area contributed by atoms with Crippen LogP contribution in [-0.2, 0) is 0 Å². The molecule has 2 N–H and O–H groups in total. The zero-order valence-corrected chi connectivity index (χ0v) is 18.6. The van der Waals surface area contributed by atoms with Gasteiger partial charge in [0, 0.05) is 25.0 Å². The lowest BCUT2D eigenvalue weighted by atomic mass is 10.1. The minimum atomic E-state index is -0.448. The number of nitrogens with zero attached hydrogens (tertiary/aromatic N) is 4. The highest BCUT2D eigenvalue weighted by Gasteiger charge is 2.33. The standard InChI is InChI=1S/C25H22F2N6O2/c26-17-5-1-3-7-22(17)32-13-11-19(30-32)24(34)28-15-21(16-9-10-16)29-25(35)20-12-14-33(31-20)23-8-4-2-6-18(23)27/h1-8,11-14,16,21H,9-10,15H2,(H,28,34)(H,29,35). The number of benzene rings is 2. The van der Waals surface area contributed by atoms with Crippen LogP contribution in [0.2, 0.25) is 0 Å². The minimum Gasteiger partial charge on any atom is -0.349 e. The Hall–Kier alpha value is -4.34. The fourth-order valence-corrected chi connectivity index (χ4v) is 3.80. The van der Waals surface area contributed by atoms with E-state index in [-0.39, 0.29) is 41.3 Å². The van der Waals surface area contributed by atoms with Gasteiger partial charge in [0.15, 0.2) is 11.4 Å². The summed E-state index contributed by atoms with van der Waals surface area (Å²) in [6.45, 7) is 0.204. The third-order valence-corrected chi connectivity index (χ3v) is 5.83. The zero-order valence-electron chi connectivity index (χ0n) is 18.6. The van der Waals surface area contributed by atoms with Crippen molar-refractivity contribution in [2.45, 2.75) is 18.9 Å². The fraction of sp³-hybridized carbons (Fsp3) is 0.200. The molecule has 2 aromatic carbocycles. The molecule has 1 atom stereocenters. The van der Waals surface area contributed by atoms with Gasteiger partial charge in [-0.1, -0.05) is 24.3 Å². The van der Waals surface area contributed by atoms with E-state index in [4.69, 9.17) is 0 Å². The van der Waals surface area contributed by atoms with Crippen LogP contribution in [0.4, 0.5) is 8.78 Å². The summed E-state index contributed by atoms with van der Waals surface area (Å²) in [6.07, 6.45) is 4.91. The van der Waals surface area contributed by atoms with Gasteiger partial charge < -0.3 is 10.6 Å². The molecule has 4 aromatic rings. The molecule has 1 aliphatic carbocycles. The smallest absolute Gasteiger partial charge is 0.272 e. The summed E-state index contributed by atoms with van der Waals surface area (Å²) < 4.78 is 30.6. The van der Waals surface area contributed by atoms with E-state index in [2.05, 4.69) is 20.8 Å². The third-order valence-electron chi connectivity index (χ3n) is 5.83. The first-order chi connectivity index (χ1) is 17.0. The molecule has 35 heavy (non-hydrogen) atoms. The van der Waals surface area contributed by atoms with Crippen molar-refractivity contribution in [3.05, 3.63) is 96.1 Å². The van der Waals surface area contributed by atoms with Gasteiger partial charge in [-0.05, 0) is 55.2 Å². The van der Waals surface area contributed by atoms with Gasteiger partial charge in [0.1, 0.15) is 23.0 Å². The van der Waals surface area contributed by atoms with Gasteiger partial charge in [-0.2, -0.15) is 10.2 Å². The van der Waals surface area contributed by atoms with Gasteiger partial charge in [0.05, 0.1) is 0 Å². The number of hydrogen-bond donors (Lipinski definition) is 2. The van der Waals surface area contributed by atoms with Crippen molar-refractivity contribution in [1.29, 1.82) is 0 Å². The van der Waals surface area contributed by atoms with Crippen LogP contribution in [0, 0.1) is 17.6 Å². The Morgan fingerprint density at radius 2 is 1.34 bits per heavy atom. The number of carbonyl (C=O) groups is 2. The summed E-state index contributed by atoms with van der Waals surface area (Å²) in [5, 5.41) is 14.1. The van der Waals surface area contributed by atoms with Crippen molar-refractivity contribution in [2.75, 3.05) is 6.54 Å². The second kappa shape index (κ2) is 9.49. The number of para-hydroxylation sites is 2. The molecule has 2 heterocycles. The highest BCUT2D eigenvalue weighted by molar-refractivity contribution is 5.93. The highest BCUT2D eigenvalue weighted by Crippen LogP contribution is 2.32. The van der Waals surface area contributed by atoms with E-state index in [0.29, 0.717) is 0 Å². The molecule has 8 nitrogen and oxygen atoms in total. The van der Waals surface area contributed by atoms with Crippen LogP contribution in [0.15, 0.2) is 73.1 Å². The molecule has 0 saturated heterocycles. The van der Waals surface area contributed by atoms with Crippen LogP contribution in [0.3, 0.4) is 0 Å². The van der Waals surface area contributed by atoms with Crippen molar-refractivity contribution >= 4 is 11.8 Å². The molecule has 5 rings (SSSR count). The Labute approximate surface area is 199 Å². The van der Waals surface area contributed by atoms with Crippen molar-refractivity contribution in [2.24, 2.45) is 5.92 Å². The normalized spacial score (nSPS) is 13.9. The van der Waals surface area contributed by atoms with Gasteiger partial charge in [-0.3, -0.25) is 9.59 Å². The molecule has 2 amide bonds. The molecule has 0 aliphatic heterocycles. The number of amides is 2. The van der Waals surface area contributed by atoms with Crippen LogP contribution >= 0.6 is 0 Å². The molecule has 1 saturated carbocycles. The Bertz CT molecular complexity index is 1380.